The molecule has 0 saturated carbocycles. The molecule has 0 aliphatic carbocycles. The first-order valence-corrected chi connectivity index (χ1v) is 5.32. The van der Waals surface area contributed by atoms with Crippen LogP contribution in [0.3, 0.4) is 0 Å². The minimum absolute atomic E-state index is 0.157. The highest BCUT2D eigenvalue weighted by Crippen LogP contribution is 2.16. The van der Waals surface area contributed by atoms with Gasteiger partial charge in [0, 0.05) is 0 Å². The summed E-state index contributed by atoms with van der Waals surface area (Å²) in [5.41, 5.74) is 1.01. The van der Waals surface area contributed by atoms with E-state index >= 15 is 0 Å². The van der Waals surface area contributed by atoms with Gasteiger partial charge in [-0.3, -0.25) is 4.79 Å². The number of benzene rings is 1. The van der Waals surface area contributed by atoms with Crippen molar-refractivity contribution in [2.75, 3.05) is 0 Å². The van der Waals surface area contributed by atoms with Crippen LogP contribution in [0.2, 0.25) is 0 Å². The molecule has 0 spiro atoms. The van der Waals surface area contributed by atoms with Gasteiger partial charge in [0.1, 0.15) is 5.75 Å². The molecule has 0 amide bonds. The average Bonchev–Trinajstić information content (AvgIpc) is 2.75. The second-order valence-electron chi connectivity index (χ2n) is 3.68. The molecule has 0 fully saturated rings. The number of para-hydroxylation sites is 1. The summed E-state index contributed by atoms with van der Waals surface area (Å²) >= 11 is 0. The number of hydrogen-bond acceptors (Lipinski definition) is 5. The largest absolute Gasteiger partial charge is 0.485 e. The van der Waals surface area contributed by atoms with Gasteiger partial charge in [-0.1, -0.05) is 18.2 Å². The van der Waals surface area contributed by atoms with E-state index in [0.29, 0.717) is 5.82 Å². The molecule has 94 valence electrons. The molecule has 7 nitrogen and oxygen atoms in total. The first kappa shape index (κ1) is 12.0. The van der Waals surface area contributed by atoms with Crippen molar-refractivity contribution >= 4 is 5.97 Å². The predicted octanol–water partition coefficient (Wildman–Crippen LogP) is 0.645. The Hall–Kier alpha value is -2.44. The topological polar surface area (TPSA) is 90.1 Å². The van der Waals surface area contributed by atoms with E-state index in [1.807, 2.05) is 31.2 Å². The Bertz CT molecular complexity index is 553. The van der Waals surface area contributed by atoms with Crippen LogP contribution in [0.4, 0.5) is 0 Å². The van der Waals surface area contributed by atoms with Crippen LogP contribution in [-0.2, 0) is 17.9 Å². The maximum Gasteiger partial charge on any atom is 0.327 e. The summed E-state index contributed by atoms with van der Waals surface area (Å²) in [6.45, 7) is 1.78. The van der Waals surface area contributed by atoms with Crippen LogP contribution >= 0.6 is 0 Å². The lowest BCUT2D eigenvalue weighted by atomic mass is 10.2. The highest BCUT2D eigenvalue weighted by molar-refractivity contribution is 5.66. The Kier molecular flexibility index (Phi) is 3.52. The van der Waals surface area contributed by atoms with Crippen molar-refractivity contribution in [3.8, 4) is 5.75 Å². The van der Waals surface area contributed by atoms with Gasteiger partial charge in [0.05, 0.1) is 0 Å². The van der Waals surface area contributed by atoms with Crippen LogP contribution in [0.25, 0.3) is 0 Å². The Labute approximate surface area is 103 Å². The van der Waals surface area contributed by atoms with Crippen molar-refractivity contribution in [2.45, 2.75) is 20.1 Å². The maximum absolute atomic E-state index is 10.4. The zero-order valence-corrected chi connectivity index (χ0v) is 9.78. The summed E-state index contributed by atoms with van der Waals surface area (Å²) in [5, 5.41) is 19.8. The van der Waals surface area contributed by atoms with Gasteiger partial charge >= 0.3 is 5.97 Å². The van der Waals surface area contributed by atoms with Crippen LogP contribution in [0.1, 0.15) is 11.4 Å². The fourth-order valence-corrected chi connectivity index (χ4v) is 1.38. The van der Waals surface area contributed by atoms with Gasteiger partial charge in [-0.25, -0.2) is 0 Å². The summed E-state index contributed by atoms with van der Waals surface area (Å²) in [4.78, 5) is 11.5. The number of ether oxygens (including phenoxy) is 1. The number of aryl methyl sites for hydroxylation is 1. The van der Waals surface area contributed by atoms with Crippen molar-refractivity contribution in [2.24, 2.45) is 0 Å². The van der Waals surface area contributed by atoms with E-state index in [9.17, 15) is 4.79 Å². The number of rotatable bonds is 5. The van der Waals surface area contributed by atoms with Gasteiger partial charge in [0.15, 0.2) is 13.2 Å². The Balaban J connectivity index is 1.96. The zero-order chi connectivity index (χ0) is 13.0. The molecule has 0 aliphatic rings. The van der Waals surface area contributed by atoms with Gasteiger partial charge in [-0.2, -0.15) is 4.80 Å². The molecule has 0 bridgehead atoms. The van der Waals surface area contributed by atoms with E-state index in [1.54, 1.807) is 0 Å². The molecule has 1 N–H and O–H groups in total. The fraction of sp³-hybridized carbons (Fsp3) is 0.273. The third-order valence-corrected chi connectivity index (χ3v) is 2.22. The summed E-state index contributed by atoms with van der Waals surface area (Å²) < 4.78 is 5.52. The summed E-state index contributed by atoms with van der Waals surface area (Å²) in [6, 6.07) is 7.57. The minimum atomic E-state index is -1.02. The number of tetrazole rings is 1. The van der Waals surface area contributed by atoms with Gasteiger partial charge in [0.2, 0.25) is 5.82 Å². The number of aliphatic carboxylic acids is 1. The summed E-state index contributed by atoms with van der Waals surface area (Å²) in [5.74, 6) is 0.0744. The number of carboxylic acids is 1. The van der Waals surface area contributed by atoms with Crippen molar-refractivity contribution in [1.29, 1.82) is 0 Å². The zero-order valence-electron chi connectivity index (χ0n) is 9.78. The van der Waals surface area contributed by atoms with E-state index in [4.69, 9.17) is 9.84 Å². The van der Waals surface area contributed by atoms with Crippen molar-refractivity contribution < 1.29 is 14.6 Å². The van der Waals surface area contributed by atoms with Crippen molar-refractivity contribution in [1.82, 2.24) is 20.2 Å². The van der Waals surface area contributed by atoms with Crippen LogP contribution in [0, 0.1) is 6.92 Å². The van der Waals surface area contributed by atoms with Gasteiger partial charge in [0.25, 0.3) is 0 Å². The van der Waals surface area contributed by atoms with E-state index in [1.165, 1.54) is 0 Å². The highest BCUT2D eigenvalue weighted by atomic mass is 16.5. The molecule has 1 aromatic heterocycles. The third-order valence-electron chi connectivity index (χ3n) is 2.22. The number of carbonyl (C=O) groups is 1. The Morgan fingerprint density at radius 2 is 2.22 bits per heavy atom. The van der Waals surface area contributed by atoms with Crippen LogP contribution in [-0.4, -0.2) is 31.3 Å². The van der Waals surface area contributed by atoms with Crippen molar-refractivity contribution in [3.05, 3.63) is 35.7 Å². The first-order valence-electron chi connectivity index (χ1n) is 5.32. The quantitative estimate of drug-likeness (QED) is 0.835. The first-order chi connectivity index (χ1) is 8.65. The molecule has 1 heterocycles. The average molecular weight is 248 g/mol. The van der Waals surface area contributed by atoms with Crippen molar-refractivity contribution in [3.63, 3.8) is 0 Å². The minimum Gasteiger partial charge on any atom is -0.485 e. The van der Waals surface area contributed by atoms with E-state index in [0.717, 1.165) is 16.1 Å². The summed E-state index contributed by atoms with van der Waals surface area (Å²) in [7, 11) is 0. The third kappa shape index (κ3) is 3.03. The van der Waals surface area contributed by atoms with Crippen LogP contribution < -0.4 is 4.74 Å². The van der Waals surface area contributed by atoms with Gasteiger partial charge in [-0.15, -0.1) is 10.2 Å². The molecule has 0 atom stereocenters. The Morgan fingerprint density at radius 3 is 2.94 bits per heavy atom. The number of carboxylic acid groups (broad SMARTS) is 1. The molecule has 2 rings (SSSR count). The number of aromatic nitrogens is 4. The molecule has 7 heteroatoms. The van der Waals surface area contributed by atoms with Crippen LogP contribution in [0.5, 0.6) is 5.75 Å². The van der Waals surface area contributed by atoms with Crippen LogP contribution in [0.15, 0.2) is 24.3 Å². The molecule has 0 aliphatic heterocycles. The number of nitrogens with zero attached hydrogens (tertiary/aromatic N) is 4. The smallest absolute Gasteiger partial charge is 0.327 e. The standard InChI is InChI=1S/C11H12N4O3/c1-8-4-2-3-5-9(8)18-7-10-12-14-15(13-10)6-11(16)17/h2-5H,6-7H2,1H3,(H,16,17). The monoisotopic (exact) mass is 248 g/mol. The van der Waals surface area contributed by atoms with E-state index in [-0.39, 0.29) is 13.2 Å². The van der Waals surface area contributed by atoms with Gasteiger partial charge in [-0.05, 0) is 23.8 Å². The molecular weight excluding hydrogens is 236 g/mol. The lowest BCUT2D eigenvalue weighted by molar-refractivity contribution is -0.138. The fourth-order valence-electron chi connectivity index (χ4n) is 1.38. The predicted molar refractivity (Wildman–Crippen MR) is 61.0 cm³/mol. The molecule has 0 unspecified atom stereocenters. The second-order valence-corrected chi connectivity index (χ2v) is 3.68. The molecule has 2 aromatic rings. The lowest BCUT2D eigenvalue weighted by Gasteiger charge is -2.05. The van der Waals surface area contributed by atoms with E-state index in [2.05, 4.69) is 15.4 Å². The number of hydrogen-bond donors (Lipinski definition) is 1. The maximum atomic E-state index is 10.4. The van der Waals surface area contributed by atoms with Gasteiger partial charge < -0.3 is 9.84 Å². The molecule has 0 saturated heterocycles. The SMILES string of the molecule is Cc1ccccc1OCc1nnn(CC(=O)O)n1. The normalized spacial score (nSPS) is 10.3. The Morgan fingerprint density at radius 1 is 1.44 bits per heavy atom. The highest BCUT2D eigenvalue weighted by Gasteiger charge is 2.07. The second kappa shape index (κ2) is 5.26. The molecule has 1 aromatic carbocycles. The molecule has 18 heavy (non-hydrogen) atoms. The molecule has 0 radical (unpaired) electrons. The lowest BCUT2D eigenvalue weighted by Crippen LogP contribution is -2.12. The van der Waals surface area contributed by atoms with E-state index < -0.39 is 5.97 Å². The summed E-state index contributed by atoms with van der Waals surface area (Å²) in [6.07, 6.45) is 0. The molecular formula is C11H12N4O3.